The maximum Gasteiger partial charge on any atom is 0.338 e. The molecule has 0 amide bonds. The highest BCUT2D eigenvalue weighted by Crippen LogP contribution is 2.25. The number of nitrogens with one attached hydrogen (secondary N) is 1. The highest BCUT2D eigenvalue weighted by molar-refractivity contribution is 6.30. The van der Waals surface area contributed by atoms with E-state index in [1.807, 2.05) is 0 Å². The normalized spacial score (nSPS) is 12.0. The highest BCUT2D eigenvalue weighted by atomic mass is 35.5. The molecule has 0 aliphatic rings. The van der Waals surface area contributed by atoms with Gasteiger partial charge in [-0.1, -0.05) is 23.7 Å². The number of halogens is 3. The third-order valence-corrected chi connectivity index (χ3v) is 3.24. The van der Waals surface area contributed by atoms with Gasteiger partial charge in [0, 0.05) is 17.1 Å². The van der Waals surface area contributed by atoms with E-state index in [-0.39, 0.29) is 11.7 Å². The maximum absolute atomic E-state index is 13.7. The van der Waals surface area contributed by atoms with Gasteiger partial charge >= 0.3 is 5.97 Å². The summed E-state index contributed by atoms with van der Waals surface area (Å²) in [5, 5.41) is 12.2. The smallest absolute Gasteiger partial charge is 0.338 e. The molecule has 0 heterocycles. The van der Waals surface area contributed by atoms with Crippen LogP contribution in [0.1, 0.15) is 28.9 Å². The number of carboxylic acid groups (broad SMARTS) is 1. The maximum atomic E-state index is 13.7. The summed E-state index contributed by atoms with van der Waals surface area (Å²) in [6.07, 6.45) is 0. The van der Waals surface area contributed by atoms with Crippen LogP contribution < -0.4 is 5.32 Å². The van der Waals surface area contributed by atoms with E-state index in [9.17, 15) is 13.6 Å². The number of carboxylic acids is 1. The molecule has 0 radical (unpaired) electrons. The predicted molar refractivity (Wildman–Crippen MR) is 76.8 cm³/mol. The Morgan fingerprint density at radius 2 is 1.95 bits per heavy atom. The summed E-state index contributed by atoms with van der Waals surface area (Å²) in [5.74, 6) is -3.42. The van der Waals surface area contributed by atoms with Gasteiger partial charge in [-0.15, -0.1) is 0 Å². The molecule has 0 bridgehead atoms. The third kappa shape index (κ3) is 3.49. The molecule has 2 rings (SSSR count). The lowest BCUT2D eigenvalue weighted by atomic mass is 10.1. The molecular weight excluding hydrogens is 300 g/mol. The van der Waals surface area contributed by atoms with E-state index in [0.29, 0.717) is 11.1 Å². The van der Waals surface area contributed by atoms with Gasteiger partial charge in [-0.25, -0.2) is 13.6 Å². The van der Waals surface area contributed by atoms with E-state index in [1.54, 1.807) is 31.2 Å². The van der Waals surface area contributed by atoms with Gasteiger partial charge in [0.25, 0.3) is 0 Å². The van der Waals surface area contributed by atoms with E-state index >= 15 is 0 Å². The molecule has 3 nitrogen and oxygen atoms in total. The van der Waals surface area contributed by atoms with E-state index < -0.39 is 23.2 Å². The first-order chi connectivity index (χ1) is 9.88. The molecule has 110 valence electrons. The molecule has 2 aromatic carbocycles. The van der Waals surface area contributed by atoms with Crippen LogP contribution in [0.3, 0.4) is 0 Å². The highest BCUT2D eigenvalue weighted by Gasteiger charge is 2.16. The van der Waals surface area contributed by atoms with Crippen LogP contribution in [-0.2, 0) is 0 Å². The Morgan fingerprint density at radius 1 is 1.24 bits per heavy atom. The second-order valence-corrected chi connectivity index (χ2v) is 4.97. The molecule has 0 saturated heterocycles. The zero-order chi connectivity index (χ0) is 15.6. The van der Waals surface area contributed by atoms with Gasteiger partial charge in [0.15, 0.2) is 0 Å². The van der Waals surface area contributed by atoms with Crippen molar-refractivity contribution in [2.24, 2.45) is 0 Å². The van der Waals surface area contributed by atoms with Crippen molar-refractivity contribution in [2.75, 3.05) is 5.32 Å². The minimum Gasteiger partial charge on any atom is -0.478 e. The molecule has 2 aromatic rings. The summed E-state index contributed by atoms with van der Waals surface area (Å²) in [5.41, 5.74) is 0.126. The molecular formula is C15H12ClF2NO2. The summed E-state index contributed by atoms with van der Waals surface area (Å²) >= 11 is 5.88. The summed E-state index contributed by atoms with van der Waals surface area (Å²) in [6, 6.07) is 8.12. The third-order valence-electron chi connectivity index (χ3n) is 3.01. The van der Waals surface area contributed by atoms with Crippen molar-refractivity contribution >= 4 is 23.3 Å². The first-order valence-electron chi connectivity index (χ1n) is 6.13. The SMILES string of the molecule is CC(Nc1cc(C(=O)O)c(F)cc1F)c1cccc(Cl)c1. The second-order valence-electron chi connectivity index (χ2n) is 4.54. The zero-order valence-corrected chi connectivity index (χ0v) is 11.8. The molecule has 21 heavy (non-hydrogen) atoms. The van der Waals surface area contributed by atoms with E-state index in [0.717, 1.165) is 11.6 Å². The average Bonchev–Trinajstić information content (AvgIpc) is 2.41. The molecule has 0 saturated carbocycles. The standard InChI is InChI=1S/C15H12ClF2NO2/c1-8(9-3-2-4-10(16)5-9)19-14-6-11(15(20)21)12(17)7-13(14)18/h2-8,19H,1H3,(H,20,21). The summed E-state index contributed by atoms with van der Waals surface area (Å²) < 4.78 is 27.1. The lowest BCUT2D eigenvalue weighted by molar-refractivity contribution is 0.0692. The Hall–Kier alpha value is -2.14. The quantitative estimate of drug-likeness (QED) is 0.874. The Bertz CT molecular complexity index is 691. The largest absolute Gasteiger partial charge is 0.478 e. The molecule has 0 aliphatic heterocycles. The fourth-order valence-electron chi connectivity index (χ4n) is 1.92. The van der Waals surface area contributed by atoms with Gasteiger partial charge in [0.2, 0.25) is 0 Å². The summed E-state index contributed by atoms with van der Waals surface area (Å²) in [4.78, 5) is 10.9. The van der Waals surface area contributed by atoms with Crippen LogP contribution in [0.2, 0.25) is 5.02 Å². The van der Waals surface area contributed by atoms with Crippen LogP contribution in [0.4, 0.5) is 14.5 Å². The van der Waals surface area contributed by atoms with Crippen molar-refractivity contribution in [1.29, 1.82) is 0 Å². The number of rotatable bonds is 4. The van der Waals surface area contributed by atoms with E-state index in [2.05, 4.69) is 5.32 Å². The molecule has 0 fully saturated rings. The van der Waals surface area contributed by atoms with Crippen molar-refractivity contribution in [2.45, 2.75) is 13.0 Å². The molecule has 0 aliphatic carbocycles. The molecule has 6 heteroatoms. The second kappa shape index (κ2) is 6.10. The lowest BCUT2D eigenvalue weighted by Crippen LogP contribution is -2.10. The minimum absolute atomic E-state index is 0.0822. The summed E-state index contributed by atoms with van der Waals surface area (Å²) in [7, 11) is 0. The van der Waals surface area contributed by atoms with Crippen molar-refractivity contribution in [1.82, 2.24) is 0 Å². The Kier molecular flexibility index (Phi) is 4.43. The molecule has 0 aromatic heterocycles. The Labute approximate surface area is 125 Å². The number of carbonyl (C=O) groups is 1. The lowest BCUT2D eigenvalue weighted by Gasteiger charge is -2.17. The van der Waals surface area contributed by atoms with Crippen molar-refractivity contribution in [3.63, 3.8) is 0 Å². The van der Waals surface area contributed by atoms with Gasteiger partial charge in [0.1, 0.15) is 11.6 Å². The average molecular weight is 312 g/mol. The fourth-order valence-corrected chi connectivity index (χ4v) is 2.11. The fraction of sp³-hybridized carbons (Fsp3) is 0.133. The minimum atomic E-state index is -1.45. The van der Waals surface area contributed by atoms with E-state index in [1.165, 1.54) is 0 Å². The number of benzene rings is 2. The molecule has 1 unspecified atom stereocenters. The van der Waals surface area contributed by atoms with Crippen molar-refractivity contribution in [3.8, 4) is 0 Å². The van der Waals surface area contributed by atoms with E-state index in [4.69, 9.17) is 16.7 Å². The van der Waals surface area contributed by atoms with Gasteiger partial charge in [0.05, 0.1) is 11.3 Å². The Morgan fingerprint density at radius 3 is 2.57 bits per heavy atom. The van der Waals surface area contributed by atoms with Crippen LogP contribution in [0.5, 0.6) is 0 Å². The van der Waals surface area contributed by atoms with Crippen LogP contribution in [-0.4, -0.2) is 11.1 Å². The van der Waals surface area contributed by atoms with Gasteiger partial charge in [-0.3, -0.25) is 0 Å². The first kappa shape index (κ1) is 15.3. The first-order valence-corrected chi connectivity index (χ1v) is 6.50. The van der Waals surface area contributed by atoms with Crippen LogP contribution in [0.15, 0.2) is 36.4 Å². The number of aromatic carboxylic acids is 1. The number of hydrogen-bond donors (Lipinski definition) is 2. The monoisotopic (exact) mass is 311 g/mol. The van der Waals surface area contributed by atoms with Crippen molar-refractivity contribution < 1.29 is 18.7 Å². The molecule has 0 spiro atoms. The predicted octanol–water partition coefficient (Wildman–Crippen LogP) is 4.49. The van der Waals surface area contributed by atoms with Crippen molar-refractivity contribution in [3.05, 3.63) is 64.2 Å². The summed E-state index contributed by atoms with van der Waals surface area (Å²) in [6.45, 7) is 1.76. The van der Waals surface area contributed by atoms with Crippen LogP contribution in [0.25, 0.3) is 0 Å². The Balaban J connectivity index is 2.31. The number of anilines is 1. The van der Waals surface area contributed by atoms with Gasteiger partial charge in [-0.2, -0.15) is 0 Å². The zero-order valence-electron chi connectivity index (χ0n) is 11.0. The topological polar surface area (TPSA) is 49.3 Å². The van der Waals surface area contributed by atoms with Gasteiger partial charge in [-0.05, 0) is 30.7 Å². The van der Waals surface area contributed by atoms with Gasteiger partial charge < -0.3 is 10.4 Å². The van der Waals surface area contributed by atoms with Crippen LogP contribution >= 0.6 is 11.6 Å². The molecule has 2 N–H and O–H groups in total. The molecule has 1 atom stereocenters. The van der Waals surface area contributed by atoms with Crippen LogP contribution in [0, 0.1) is 11.6 Å². The number of hydrogen-bond acceptors (Lipinski definition) is 2.